The van der Waals surface area contributed by atoms with Gasteiger partial charge in [-0.2, -0.15) is 5.10 Å². The summed E-state index contributed by atoms with van der Waals surface area (Å²) < 4.78 is 1.77. The maximum atomic E-state index is 5.98. The lowest BCUT2D eigenvalue weighted by Gasteiger charge is -2.09. The molecule has 5 heteroatoms. The van der Waals surface area contributed by atoms with Gasteiger partial charge in [0.1, 0.15) is 11.6 Å². The summed E-state index contributed by atoms with van der Waals surface area (Å²) in [4.78, 5) is 4.26. The highest BCUT2D eigenvalue weighted by molar-refractivity contribution is 6.30. The van der Waals surface area contributed by atoms with Crippen LogP contribution in [-0.2, 0) is 6.54 Å². The summed E-state index contributed by atoms with van der Waals surface area (Å²) in [5.41, 5.74) is 7.58. The van der Waals surface area contributed by atoms with E-state index in [1.54, 1.807) is 4.68 Å². The number of aryl methyl sites for hydroxylation is 2. The zero-order chi connectivity index (χ0) is 11.7. The predicted molar refractivity (Wildman–Crippen MR) is 63.7 cm³/mol. The van der Waals surface area contributed by atoms with E-state index in [4.69, 9.17) is 17.3 Å². The van der Waals surface area contributed by atoms with Crippen LogP contribution >= 0.6 is 11.6 Å². The maximum absolute atomic E-state index is 5.98. The first-order chi connectivity index (χ1) is 7.61. The van der Waals surface area contributed by atoms with Crippen LogP contribution in [0, 0.1) is 13.8 Å². The topological polar surface area (TPSA) is 56.7 Å². The van der Waals surface area contributed by atoms with Crippen molar-refractivity contribution in [3.8, 4) is 5.69 Å². The largest absolute Gasteiger partial charge is 0.326 e. The average Bonchev–Trinajstić information content (AvgIpc) is 2.57. The molecule has 0 fully saturated rings. The summed E-state index contributed by atoms with van der Waals surface area (Å²) in [5, 5.41) is 4.99. The van der Waals surface area contributed by atoms with E-state index in [1.807, 2.05) is 32.0 Å². The molecule has 0 aliphatic heterocycles. The molecule has 0 bridgehead atoms. The summed E-state index contributed by atoms with van der Waals surface area (Å²) in [7, 11) is 0. The number of benzene rings is 1. The monoisotopic (exact) mass is 236 g/mol. The van der Waals surface area contributed by atoms with Gasteiger partial charge in [0, 0.05) is 11.6 Å². The smallest absolute Gasteiger partial charge is 0.148 e. The summed E-state index contributed by atoms with van der Waals surface area (Å²) in [6, 6.07) is 5.59. The Kier molecular flexibility index (Phi) is 2.94. The van der Waals surface area contributed by atoms with Crippen molar-refractivity contribution in [1.29, 1.82) is 0 Å². The Morgan fingerprint density at radius 2 is 2.12 bits per heavy atom. The van der Waals surface area contributed by atoms with Gasteiger partial charge in [0.2, 0.25) is 0 Å². The first kappa shape index (κ1) is 11.1. The standard InChI is InChI=1S/C11H13ClN4/c1-7-14-8(2)16(15-7)11-5-10(12)4-3-9(11)6-13/h3-5H,6,13H2,1-2H3. The second kappa shape index (κ2) is 4.23. The lowest BCUT2D eigenvalue weighted by molar-refractivity contribution is 0.815. The third kappa shape index (κ3) is 1.94. The zero-order valence-electron chi connectivity index (χ0n) is 9.24. The second-order valence-corrected chi connectivity index (χ2v) is 4.03. The van der Waals surface area contributed by atoms with Crippen molar-refractivity contribution in [3.05, 3.63) is 40.4 Å². The molecular formula is C11H13ClN4. The van der Waals surface area contributed by atoms with E-state index in [0.29, 0.717) is 11.6 Å². The highest BCUT2D eigenvalue weighted by atomic mass is 35.5. The molecule has 0 aliphatic rings. The predicted octanol–water partition coefficient (Wildman–Crippen LogP) is 2.00. The average molecular weight is 237 g/mol. The number of aromatic nitrogens is 3. The van der Waals surface area contributed by atoms with Crippen molar-refractivity contribution in [2.75, 3.05) is 0 Å². The zero-order valence-corrected chi connectivity index (χ0v) is 9.99. The molecule has 0 saturated heterocycles. The summed E-state index contributed by atoms with van der Waals surface area (Å²) in [6.45, 7) is 4.21. The molecule has 1 aromatic carbocycles. The van der Waals surface area contributed by atoms with Crippen LogP contribution in [0.1, 0.15) is 17.2 Å². The van der Waals surface area contributed by atoms with Crippen LogP contribution in [0.15, 0.2) is 18.2 Å². The van der Waals surface area contributed by atoms with Crippen LogP contribution in [0.25, 0.3) is 5.69 Å². The van der Waals surface area contributed by atoms with Gasteiger partial charge >= 0.3 is 0 Å². The minimum Gasteiger partial charge on any atom is -0.326 e. The highest BCUT2D eigenvalue weighted by Crippen LogP contribution is 2.20. The fourth-order valence-corrected chi connectivity index (χ4v) is 1.82. The molecule has 0 atom stereocenters. The fraction of sp³-hybridized carbons (Fsp3) is 0.273. The molecule has 4 nitrogen and oxygen atoms in total. The maximum Gasteiger partial charge on any atom is 0.148 e. The molecule has 2 aromatic rings. The SMILES string of the molecule is Cc1nc(C)n(-c2cc(Cl)ccc2CN)n1. The first-order valence-corrected chi connectivity index (χ1v) is 5.38. The van der Waals surface area contributed by atoms with Crippen LogP contribution in [0.4, 0.5) is 0 Å². The minimum absolute atomic E-state index is 0.449. The molecule has 0 amide bonds. The normalized spacial score (nSPS) is 10.8. The van der Waals surface area contributed by atoms with Gasteiger partial charge in [-0.05, 0) is 31.5 Å². The minimum atomic E-state index is 0.449. The van der Waals surface area contributed by atoms with Crippen molar-refractivity contribution in [2.24, 2.45) is 5.73 Å². The Hall–Kier alpha value is -1.39. The lowest BCUT2D eigenvalue weighted by Crippen LogP contribution is -2.07. The van der Waals surface area contributed by atoms with E-state index >= 15 is 0 Å². The Balaban J connectivity index is 2.62. The van der Waals surface area contributed by atoms with Crippen LogP contribution in [-0.4, -0.2) is 14.8 Å². The molecule has 0 radical (unpaired) electrons. The van der Waals surface area contributed by atoms with Crippen LogP contribution < -0.4 is 5.73 Å². The molecule has 0 aliphatic carbocycles. The molecule has 2 N–H and O–H groups in total. The molecule has 2 rings (SSSR count). The molecule has 1 aromatic heterocycles. The Labute approximate surface area is 99.1 Å². The van der Waals surface area contributed by atoms with Crippen molar-refractivity contribution in [2.45, 2.75) is 20.4 Å². The van der Waals surface area contributed by atoms with E-state index < -0.39 is 0 Å². The summed E-state index contributed by atoms with van der Waals surface area (Å²) in [6.07, 6.45) is 0. The van der Waals surface area contributed by atoms with Crippen LogP contribution in [0.2, 0.25) is 5.02 Å². The third-order valence-electron chi connectivity index (χ3n) is 2.37. The molecule has 1 heterocycles. The van der Waals surface area contributed by atoms with E-state index in [2.05, 4.69) is 10.1 Å². The number of rotatable bonds is 2. The van der Waals surface area contributed by atoms with Crippen LogP contribution in [0.5, 0.6) is 0 Å². The number of nitrogens with two attached hydrogens (primary N) is 1. The van der Waals surface area contributed by atoms with Crippen molar-refractivity contribution < 1.29 is 0 Å². The van der Waals surface area contributed by atoms with E-state index in [-0.39, 0.29) is 0 Å². The van der Waals surface area contributed by atoms with E-state index in [9.17, 15) is 0 Å². The number of halogens is 1. The molecule has 84 valence electrons. The summed E-state index contributed by atoms with van der Waals surface area (Å²) in [5.74, 6) is 1.56. The Morgan fingerprint density at radius 1 is 1.38 bits per heavy atom. The van der Waals surface area contributed by atoms with E-state index in [1.165, 1.54) is 0 Å². The quantitative estimate of drug-likeness (QED) is 0.868. The van der Waals surface area contributed by atoms with E-state index in [0.717, 1.165) is 22.9 Å². The van der Waals surface area contributed by atoms with Gasteiger partial charge in [-0.15, -0.1) is 0 Å². The van der Waals surface area contributed by atoms with Gasteiger partial charge in [-0.3, -0.25) is 0 Å². The number of hydrogen-bond acceptors (Lipinski definition) is 3. The molecule has 0 unspecified atom stereocenters. The fourth-order valence-electron chi connectivity index (χ4n) is 1.66. The van der Waals surface area contributed by atoms with Crippen molar-refractivity contribution in [3.63, 3.8) is 0 Å². The third-order valence-corrected chi connectivity index (χ3v) is 2.61. The van der Waals surface area contributed by atoms with Gasteiger partial charge in [0.05, 0.1) is 5.69 Å². The van der Waals surface area contributed by atoms with Gasteiger partial charge in [-0.25, -0.2) is 9.67 Å². The molecule has 16 heavy (non-hydrogen) atoms. The molecule has 0 saturated carbocycles. The van der Waals surface area contributed by atoms with Crippen molar-refractivity contribution in [1.82, 2.24) is 14.8 Å². The van der Waals surface area contributed by atoms with Gasteiger partial charge in [-0.1, -0.05) is 17.7 Å². The molecular weight excluding hydrogens is 224 g/mol. The van der Waals surface area contributed by atoms with Gasteiger partial charge in [0.25, 0.3) is 0 Å². The summed E-state index contributed by atoms with van der Waals surface area (Å²) >= 11 is 5.98. The van der Waals surface area contributed by atoms with Crippen molar-refractivity contribution >= 4 is 11.6 Å². The second-order valence-electron chi connectivity index (χ2n) is 3.60. The lowest BCUT2D eigenvalue weighted by atomic mass is 10.2. The van der Waals surface area contributed by atoms with Crippen LogP contribution in [0.3, 0.4) is 0 Å². The first-order valence-electron chi connectivity index (χ1n) is 5.01. The Morgan fingerprint density at radius 3 is 2.69 bits per heavy atom. The molecule has 0 spiro atoms. The number of hydrogen-bond donors (Lipinski definition) is 1. The Bertz CT molecular complexity index is 519. The van der Waals surface area contributed by atoms with Gasteiger partial charge < -0.3 is 5.73 Å². The highest BCUT2D eigenvalue weighted by Gasteiger charge is 2.09. The van der Waals surface area contributed by atoms with Gasteiger partial charge in [0.15, 0.2) is 0 Å². The number of nitrogens with zero attached hydrogens (tertiary/aromatic N) is 3.